The van der Waals surface area contributed by atoms with Gasteiger partial charge >= 0.3 is 11.7 Å². The number of para-hydroxylation sites is 1. The minimum absolute atomic E-state index is 0.0929. The van der Waals surface area contributed by atoms with Crippen LogP contribution in [0.1, 0.15) is 36.7 Å². The van der Waals surface area contributed by atoms with E-state index in [9.17, 15) is 19.7 Å². The zero-order valence-corrected chi connectivity index (χ0v) is 16.4. The van der Waals surface area contributed by atoms with Crippen LogP contribution in [0.15, 0.2) is 48.9 Å². The second kappa shape index (κ2) is 8.99. The average Bonchev–Trinajstić information content (AvgIpc) is 3.37. The highest BCUT2D eigenvalue weighted by Crippen LogP contribution is 2.24. The molecule has 30 heavy (non-hydrogen) atoms. The maximum atomic E-state index is 13.0. The Bertz CT molecular complexity index is 1060. The van der Waals surface area contributed by atoms with Gasteiger partial charge in [-0.05, 0) is 25.5 Å². The predicted octanol–water partition coefficient (Wildman–Crippen LogP) is 2.74. The first kappa shape index (κ1) is 20.7. The molecule has 0 saturated carbocycles. The lowest BCUT2D eigenvalue weighted by molar-refractivity contribution is -0.385. The van der Waals surface area contributed by atoms with Crippen molar-refractivity contribution >= 4 is 23.4 Å². The summed E-state index contributed by atoms with van der Waals surface area (Å²) >= 11 is 0. The summed E-state index contributed by atoms with van der Waals surface area (Å²) in [6, 6.07) is 8.13. The van der Waals surface area contributed by atoms with Crippen LogP contribution in [0.25, 0.3) is 5.69 Å². The van der Waals surface area contributed by atoms with E-state index in [0.29, 0.717) is 12.1 Å². The third-order valence-electron chi connectivity index (χ3n) is 4.31. The van der Waals surface area contributed by atoms with Crippen LogP contribution in [0.5, 0.6) is 0 Å². The first-order valence-corrected chi connectivity index (χ1v) is 9.26. The lowest BCUT2D eigenvalue weighted by atomic mass is 10.2. The van der Waals surface area contributed by atoms with Crippen molar-refractivity contribution in [3.63, 3.8) is 0 Å². The van der Waals surface area contributed by atoms with E-state index in [1.807, 2.05) is 6.07 Å². The number of benzene rings is 1. The minimum atomic E-state index is -0.826. The fourth-order valence-corrected chi connectivity index (χ4v) is 2.88. The molecule has 0 saturated heterocycles. The molecule has 0 radical (unpaired) electrons. The van der Waals surface area contributed by atoms with Gasteiger partial charge in [-0.15, -0.1) is 0 Å². The SMILES string of the molecule is CCOC(=O)c1cnn(-c2ccccc2)c1NC(=O)C(CC)n1cc([N+](=O)[O-])cn1. The number of nitrogens with zero attached hydrogens (tertiary/aromatic N) is 5. The number of esters is 1. The van der Waals surface area contributed by atoms with Gasteiger partial charge in [-0.25, -0.2) is 9.48 Å². The molecule has 0 spiro atoms. The lowest BCUT2D eigenvalue weighted by Gasteiger charge is -2.17. The van der Waals surface area contributed by atoms with Crippen LogP contribution in [0.4, 0.5) is 11.5 Å². The highest BCUT2D eigenvalue weighted by Gasteiger charge is 2.26. The smallest absolute Gasteiger partial charge is 0.343 e. The molecule has 0 fully saturated rings. The molecule has 1 aromatic carbocycles. The third-order valence-corrected chi connectivity index (χ3v) is 4.31. The van der Waals surface area contributed by atoms with Crippen molar-refractivity contribution in [3.05, 3.63) is 64.6 Å². The minimum Gasteiger partial charge on any atom is -0.462 e. The van der Waals surface area contributed by atoms with E-state index in [1.165, 1.54) is 21.8 Å². The summed E-state index contributed by atoms with van der Waals surface area (Å²) < 4.78 is 7.71. The first-order chi connectivity index (χ1) is 14.5. The van der Waals surface area contributed by atoms with E-state index in [-0.39, 0.29) is 23.7 Å². The summed E-state index contributed by atoms with van der Waals surface area (Å²) in [5.74, 6) is -0.985. The fraction of sp³-hybridized carbons (Fsp3) is 0.263. The van der Waals surface area contributed by atoms with Gasteiger partial charge in [0.25, 0.3) is 0 Å². The Balaban J connectivity index is 1.96. The van der Waals surface area contributed by atoms with Crippen molar-refractivity contribution in [1.29, 1.82) is 0 Å². The van der Waals surface area contributed by atoms with E-state index in [0.717, 1.165) is 6.20 Å². The number of carbonyl (C=O) groups is 2. The number of ether oxygens (including phenoxy) is 1. The molecule has 0 aliphatic carbocycles. The molecule has 1 N–H and O–H groups in total. The zero-order chi connectivity index (χ0) is 21.7. The molecule has 0 aliphatic heterocycles. The summed E-state index contributed by atoms with van der Waals surface area (Å²) in [6.07, 6.45) is 3.90. The number of aromatic nitrogens is 4. The molecule has 2 aromatic heterocycles. The largest absolute Gasteiger partial charge is 0.462 e. The summed E-state index contributed by atoms with van der Waals surface area (Å²) in [7, 11) is 0. The van der Waals surface area contributed by atoms with Crippen molar-refractivity contribution in [2.45, 2.75) is 26.3 Å². The van der Waals surface area contributed by atoms with Crippen LogP contribution in [0.3, 0.4) is 0 Å². The molecule has 2 heterocycles. The molecule has 11 heteroatoms. The number of hydrogen-bond acceptors (Lipinski definition) is 7. The number of anilines is 1. The van der Waals surface area contributed by atoms with E-state index in [2.05, 4.69) is 15.5 Å². The van der Waals surface area contributed by atoms with Gasteiger partial charge in [-0.1, -0.05) is 25.1 Å². The lowest BCUT2D eigenvalue weighted by Crippen LogP contribution is -2.28. The van der Waals surface area contributed by atoms with E-state index in [1.54, 1.807) is 38.1 Å². The second-order valence-corrected chi connectivity index (χ2v) is 6.22. The number of nitrogens with one attached hydrogen (secondary N) is 1. The van der Waals surface area contributed by atoms with E-state index >= 15 is 0 Å². The Hall–Kier alpha value is -4.02. The van der Waals surface area contributed by atoms with Gasteiger partial charge in [0.2, 0.25) is 5.91 Å². The molecule has 1 amide bonds. The third kappa shape index (κ3) is 4.19. The summed E-state index contributed by atoms with van der Waals surface area (Å²) in [5, 5.41) is 21.8. The molecule has 1 unspecified atom stereocenters. The van der Waals surface area contributed by atoms with Crippen molar-refractivity contribution in [1.82, 2.24) is 19.6 Å². The molecule has 1 atom stereocenters. The van der Waals surface area contributed by atoms with Crippen LogP contribution in [0, 0.1) is 10.1 Å². The molecule has 3 aromatic rings. The standard InChI is InChI=1S/C19H20N6O5/c1-3-16(23-12-14(10-20-23)25(28)29)18(26)22-17-15(19(27)30-4-2)11-21-24(17)13-8-6-5-7-9-13/h5-12,16H,3-4H2,1-2H3,(H,22,26). The van der Waals surface area contributed by atoms with Crippen molar-refractivity contribution in [3.8, 4) is 5.69 Å². The summed E-state index contributed by atoms with van der Waals surface area (Å²) in [6.45, 7) is 3.59. The highest BCUT2D eigenvalue weighted by molar-refractivity contribution is 6.01. The average molecular weight is 412 g/mol. The molecular formula is C19H20N6O5. The predicted molar refractivity (Wildman–Crippen MR) is 106 cm³/mol. The van der Waals surface area contributed by atoms with Crippen LogP contribution in [-0.4, -0.2) is 43.0 Å². The van der Waals surface area contributed by atoms with Gasteiger partial charge in [0.1, 0.15) is 24.0 Å². The number of nitro groups is 1. The quantitative estimate of drug-likeness (QED) is 0.341. The number of hydrogen-bond donors (Lipinski definition) is 1. The maximum absolute atomic E-state index is 13.0. The molecule has 3 rings (SSSR count). The Morgan fingerprint density at radius 3 is 2.53 bits per heavy atom. The monoisotopic (exact) mass is 412 g/mol. The Morgan fingerprint density at radius 2 is 1.93 bits per heavy atom. The Kier molecular flexibility index (Phi) is 6.20. The van der Waals surface area contributed by atoms with Gasteiger partial charge in [-0.2, -0.15) is 10.2 Å². The normalized spacial score (nSPS) is 11.7. The van der Waals surface area contributed by atoms with E-state index < -0.39 is 22.8 Å². The van der Waals surface area contributed by atoms with Crippen molar-refractivity contribution in [2.24, 2.45) is 0 Å². The fourth-order valence-electron chi connectivity index (χ4n) is 2.88. The van der Waals surface area contributed by atoms with Gasteiger partial charge in [0.15, 0.2) is 5.82 Å². The summed E-state index contributed by atoms with van der Waals surface area (Å²) in [5.41, 5.74) is 0.504. The van der Waals surface area contributed by atoms with Gasteiger partial charge < -0.3 is 10.1 Å². The van der Waals surface area contributed by atoms with Gasteiger partial charge in [0.05, 0.1) is 23.4 Å². The molecule has 156 valence electrons. The maximum Gasteiger partial charge on any atom is 0.343 e. The van der Waals surface area contributed by atoms with Crippen LogP contribution >= 0.6 is 0 Å². The number of rotatable bonds is 8. The second-order valence-electron chi connectivity index (χ2n) is 6.22. The van der Waals surface area contributed by atoms with E-state index in [4.69, 9.17) is 4.74 Å². The number of amides is 1. The Labute approximate surface area is 171 Å². The van der Waals surface area contributed by atoms with Crippen LogP contribution in [0.2, 0.25) is 0 Å². The van der Waals surface area contributed by atoms with Crippen LogP contribution in [-0.2, 0) is 9.53 Å². The highest BCUT2D eigenvalue weighted by atomic mass is 16.6. The van der Waals surface area contributed by atoms with Crippen molar-refractivity contribution < 1.29 is 19.2 Å². The molecular weight excluding hydrogens is 392 g/mol. The summed E-state index contributed by atoms with van der Waals surface area (Å²) in [4.78, 5) is 35.7. The van der Waals surface area contributed by atoms with Gasteiger partial charge in [-0.3, -0.25) is 19.6 Å². The number of carbonyl (C=O) groups excluding carboxylic acids is 2. The molecule has 11 nitrogen and oxygen atoms in total. The molecule has 0 bridgehead atoms. The van der Waals surface area contributed by atoms with Crippen molar-refractivity contribution in [2.75, 3.05) is 11.9 Å². The van der Waals surface area contributed by atoms with Gasteiger partial charge in [0, 0.05) is 0 Å². The Morgan fingerprint density at radius 1 is 1.20 bits per heavy atom. The zero-order valence-electron chi connectivity index (χ0n) is 16.4. The van der Waals surface area contributed by atoms with Crippen LogP contribution < -0.4 is 5.32 Å². The first-order valence-electron chi connectivity index (χ1n) is 9.26. The molecule has 0 aliphatic rings. The topological polar surface area (TPSA) is 134 Å².